The lowest BCUT2D eigenvalue weighted by Gasteiger charge is -2.14. The van der Waals surface area contributed by atoms with Crippen molar-refractivity contribution in [1.29, 1.82) is 0 Å². The number of carboxylic acid groups (broad SMARTS) is 1. The van der Waals surface area contributed by atoms with Gasteiger partial charge in [-0.2, -0.15) is 13.2 Å². The number of carbonyl (C=O) groups excluding carboxylic acids is 1. The summed E-state index contributed by atoms with van der Waals surface area (Å²) in [5, 5.41) is 11.4. The summed E-state index contributed by atoms with van der Waals surface area (Å²) in [7, 11) is -3.53. The van der Waals surface area contributed by atoms with Crippen LogP contribution < -0.4 is 14.8 Å². The van der Waals surface area contributed by atoms with E-state index >= 15 is 0 Å². The van der Waals surface area contributed by atoms with Gasteiger partial charge in [0, 0.05) is 23.4 Å². The average molecular weight is 523 g/mol. The summed E-state index contributed by atoms with van der Waals surface area (Å²) in [4.78, 5) is 23.5. The van der Waals surface area contributed by atoms with E-state index in [1.807, 2.05) is 0 Å². The summed E-state index contributed by atoms with van der Waals surface area (Å²) in [5.41, 5.74) is 0.0991. The second kappa shape index (κ2) is 10.8. The first kappa shape index (κ1) is 26.7. The van der Waals surface area contributed by atoms with Crippen LogP contribution >= 0.6 is 0 Å². The smallest absolute Gasteiger partial charge is 0.416 e. The van der Waals surface area contributed by atoms with Gasteiger partial charge in [0.15, 0.2) is 0 Å². The number of ether oxygens (including phenoxy) is 1. The van der Waals surface area contributed by atoms with Gasteiger partial charge in [-0.1, -0.05) is 18.2 Å². The Morgan fingerprint density at radius 3 is 2.31 bits per heavy atom. The maximum Gasteiger partial charge on any atom is 0.416 e. The molecular formula is C24H21F3N2O6S. The van der Waals surface area contributed by atoms with Crippen LogP contribution in [0.1, 0.15) is 27.0 Å². The molecule has 0 radical (unpaired) electrons. The Bertz CT molecular complexity index is 1370. The molecule has 0 fully saturated rings. The molecule has 8 nitrogen and oxygen atoms in total. The Hall–Kier alpha value is -3.90. The van der Waals surface area contributed by atoms with E-state index in [-0.39, 0.29) is 35.7 Å². The van der Waals surface area contributed by atoms with Gasteiger partial charge in [-0.15, -0.1) is 0 Å². The zero-order chi connectivity index (χ0) is 26.5. The minimum atomic E-state index is -4.54. The van der Waals surface area contributed by atoms with E-state index in [0.717, 1.165) is 18.4 Å². The van der Waals surface area contributed by atoms with Gasteiger partial charge >= 0.3 is 12.1 Å². The van der Waals surface area contributed by atoms with Crippen LogP contribution in [0.15, 0.2) is 66.7 Å². The Morgan fingerprint density at radius 2 is 1.69 bits per heavy atom. The molecular weight excluding hydrogens is 501 g/mol. The number of alkyl halides is 3. The topological polar surface area (TPSA) is 122 Å². The normalized spacial score (nSPS) is 11.7. The van der Waals surface area contributed by atoms with Crippen molar-refractivity contribution in [1.82, 2.24) is 4.72 Å². The fourth-order valence-electron chi connectivity index (χ4n) is 3.14. The average Bonchev–Trinajstić information content (AvgIpc) is 2.78. The van der Waals surface area contributed by atoms with Gasteiger partial charge < -0.3 is 15.2 Å². The molecule has 0 aromatic heterocycles. The lowest BCUT2D eigenvalue weighted by molar-refractivity contribution is -0.138. The zero-order valence-corrected chi connectivity index (χ0v) is 19.6. The lowest BCUT2D eigenvalue weighted by atomic mass is 10.1. The molecule has 36 heavy (non-hydrogen) atoms. The van der Waals surface area contributed by atoms with Crippen LogP contribution in [0.4, 0.5) is 18.9 Å². The van der Waals surface area contributed by atoms with Crippen LogP contribution in [0.5, 0.6) is 11.5 Å². The summed E-state index contributed by atoms with van der Waals surface area (Å²) in [6.07, 6.45) is -3.82. The van der Waals surface area contributed by atoms with Gasteiger partial charge in [0.2, 0.25) is 10.0 Å². The number of benzene rings is 3. The molecule has 190 valence electrons. The van der Waals surface area contributed by atoms with Gasteiger partial charge in [0.25, 0.3) is 5.91 Å². The summed E-state index contributed by atoms with van der Waals surface area (Å²) in [6.45, 7) is -0.140. The highest BCUT2D eigenvalue weighted by molar-refractivity contribution is 7.88. The molecule has 12 heteroatoms. The van der Waals surface area contributed by atoms with Gasteiger partial charge in [-0.3, -0.25) is 9.59 Å². The van der Waals surface area contributed by atoms with Gasteiger partial charge in [0.05, 0.1) is 18.2 Å². The molecule has 0 heterocycles. The second-order valence-electron chi connectivity index (χ2n) is 7.76. The molecule has 0 aliphatic carbocycles. The molecule has 0 bridgehead atoms. The minimum absolute atomic E-state index is 0.0142. The van der Waals surface area contributed by atoms with E-state index in [4.69, 9.17) is 9.84 Å². The van der Waals surface area contributed by atoms with Gasteiger partial charge in [-0.25, -0.2) is 13.1 Å². The highest BCUT2D eigenvalue weighted by Gasteiger charge is 2.30. The highest BCUT2D eigenvalue weighted by atomic mass is 32.2. The summed E-state index contributed by atoms with van der Waals surface area (Å²) in [6, 6.07) is 14.5. The second-order valence-corrected chi connectivity index (χ2v) is 9.60. The number of hydrogen-bond acceptors (Lipinski definition) is 5. The van der Waals surface area contributed by atoms with Crippen molar-refractivity contribution in [3.05, 3.63) is 89.0 Å². The fourth-order valence-corrected chi connectivity index (χ4v) is 3.56. The molecule has 0 aliphatic rings. The molecule has 3 N–H and O–H groups in total. The number of anilines is 1. The standard InChI is InChI=1S/C24H21F3N2O6S/c1-36(33,34)28-14-17-11-15(12-22(30)31)5-10-21(17)35-20-8-6-16(7-9-20)23(32)29-19-4-2-3-18(13-19)24(25,26)27/h2-11,13,28H,12,14H2,1H3,(H,29,32)(H,30,31). The molecule has 0 saturated heterocycles. The number of sulfonamides is 1. The molecule has 0 atom stereocenters. The number of halogens is 3. The lowest BCUT2D eigenvalue weighted by Crippen LogP contribution is -2.21. The molecule has 0 unspecified atom stereocenters. The maximum absolute atomic E-state index is 12.9. The zero-order valence-electron chi connectivity index (χ0n) is 18.8. The molecule has 3 rings (SSSR count). The number of carboxylic acids is 1. The van der Waals surface area contributed by atoms with Crippen molar-refractivity contribution in [2.24, 2.45) is 0 Å². The van der Waals surface area contributed by atoms with Crippen LogP contribution in [-0.4, -0.2) is 31.7 Å². The molecule has 1 amide bonds. The number of carbonyl (C=O) groups is 2. The van der Waals surface area contributed by atoms with Crippen molar-refractivity contribution in [3.8, 4) is 11.5 Å². The van der Waals surface area contributed by atoms with E-state index < -0.39 is 33.6 Å². The van der Waals surface area contributed by atoms with Crippen molar-refractivity contribution >= 4 is 27.6 Å². The first-order valence-electron chi connectivity index (χ1n) is 10.3. The number of hydrogen-bond donors (Lipinski definition) is 3. The van der Waals surface area contributed by atoms with Crippen LogP contribution in [0.25, 0.3) is 0 Å². The van der Waals surface area contributed by atoms with Crippen molar-refractivity contribution in [3.63, 3.8) is 0 Å². The molecule has 3 aromatic rings. The first-order valence-corrected chi connectivity index (χ1v) is 12.2. The Kier molecular flexibility index (Phi) is 8.00. The highest BCUT2D eigenvalue weighted by Crippen LogP contribution is 2.31. The summed E-state index contributed by atoms with van der Waals surface area (Å²) in [5.74, 6) is -1.12. The van der Waals surface area contributed by atoms with E-state index in [9.17, 15) is 31.2 Å². The summed E-state index contributed by atoms with van der Waals surface area (Å²) >= 11 is 0. The number of amides is 1. The van der Waals surface area contributed by atoms with Crippen LogP contribution in [0.2, 0.25) is 0 Å². The first-order chi connectivity index (χ1) is 16.8. The van der Waals surface area contributed by atoms with E-state index in [2.05, 4.69) is 10.0 Å². The van der Waals surface area contributed by atoms with Crippen LogP contribution in [0, 0.1) is 0 Å². The third-order valence-electron chi connectivity index (χ3n) is 4.80. The predicted molar refractivity (Wildman–Crippen MR) is 125 cm³/mol. The molecule has 0 saturated carbocycles. The van der Waals surface area contributed by atoms with Crippen LogP contribution in [0.3, 0.4) is 0 Å². The van der Waals surface area contributed by atoms with Crippen molar-refractivity contribution in [2.75, 3.05) is 11.6 Å². The quantitative estimate of drug-likeness (QED) is 0.382. The SMILES string of the molecule is CS(=O)(=O)NCc1cc(CC(=O)O)ccc1Oc1ccc(C(=O)Nc2cccc(C(F)(F)F)c2)cc1. The van der Waals surface area contributed by atoms with Crippen molar-refractivity contribution < 1.29 is 41.0 Å². The maximum atomic E-state index is 12.9. The Labute approximate surface area is 204 Å². The van der Waals surface area contributed by atoms with E-state index in [1.54, 1.807) is 0 Å². The summed E-state index contributed by atoms with van der Waals surface area (Å²) < 4.78 is 69.8. The Morgan fingerprint density at radius 1 is 1.00 bits per heavy atom. The van der Waals surface area contributed by atoms with Gasteiger partial charge in [0.1, 0.15) is 11.5 Å². The van der Waals surface area contributed by atoms with E-state index in [0.29, 0.717) is 11.1 Å². The Balaban J connectivity index is 1.75. The van der Waals surface area contributed by atoms with Crippen LogP contribution in [-0.2, 0) is 34.0 Å². The van der Waals surface area contributed by atoms with Gasteiger partial charge in [-0.05, 0) is 54.1 Å². The predicted octanol–water partition coefficient (Wildman–Crippen LogP) is 4.43. The minimum Gasteiger partial charge on any atom is -0.481 e. The molecule has 0 aliphatic heterocycles. The van der Waals surface area contributed by atoms with E-state index in [1.165, 1.54) is 54.6 Å². The number of rotatable bonds is 9. The number of nitrogens with one attached hydrogen (secondary N) is 2. The largest absolute Gasteiger partial charge is 0.481 e. The third-order valence-corrected chi connectivity index (χ3v) is 5.47. The van der Waals surface area contributed by atoms with Crippen molar-refractivity contribution in [2.45, 2.75) is 19.1 Å². The monoisotopic (exact) mass is 522 g/mol. The third kappa shape index (κ3) is 7.82. The fraction of sp³-hybridized carbons (Fsp3) is 0.167. The number of aliphatic carboxylic acids is 1. The molecule has 0 spiro atoms. The molecule has 3 aromatic carbocycles.